The summed E-state index contributed by atoms with van der Waals surface area (Å²) in [6.07, 6.45) is -0.608. The monoisotopic (exact) mass is 602 g/mol. The molecule has 1 aromatic heterocycles. The van der Waals surface area contributed by atoms with E-state index in [9.17, 15) is 14.4 Å². The molecule has 4 heterocycles. The van der Waals surface area contributed by atoms with Crippen LogP contribution in [0.4, 0.5) is 21.7 Å². The van der Waals surface area contributed by atoms with Gasteiger partial charge in [-0.15, -0.1) is 0 Å². The van der Waals surface area contributed by atoms with Gasteiger partial charge in [-0.25, -0.2) is 14.4 Å². The number of aliphatic hydroxyl groups is 1. The first kappa shape index (κ1) is 29.7. The number of hydrogen-bond acceptors (Lipinski definition) is 11. The third-order valence-corrected chi connectivity index (χ3v) is 8.42. The standard InChI is InChI=1S/C31H35FN8O4/c1-20-12-23(3-4-26(20)39-10-8-38(9-11-39)24-17-43-18-24)36-31-35-19-34-30(37-31)21-2-5-27(22(13-21)14-33)44-28-6-7-40(15-25(28)32)29(42)16-41/h2-5,12-13,19,24-25,28,41H,6-11,15-18H2,1H3,(H,34,35,36,37)/t25-,28+/m1/s1. The van der Waals surface area contributed by atoms with Crippen molar-refractivity contribution in [1.82, 2.24) is 24.8 Å². The number of piperazine rings is 1. The zero-order valence-corrected chi connectivity index (χ0v) is 24.5. The van der Waals surface area contributed by atoms with Crippen molar-refractivity contribution < 1.29 is 23.8 Å². The molecule has 3 aliphatic heterocycles. The van der Waals surface area contributed by atoms with Gasteiger partial charge in [-0.1, -0.05) is 0 Å². The molecule has 0 unspecified atom stereocenters. The number of nitrogens with zero attached hydrogens (tertiary/aromatic N) is 7. The Hall–Kier alpha value is -4.38. The molecule has 3 fully saturated rings. The van der Waals surface area contributed by atoms with E-state index in [1.165, 1.54) is 16.9 Å². The second-order valence-corrected chi connectivity index (χ2v) is 11.3. The van der Waals surface area contributed by atoms with Crippen LogP contribution in [0.5, 0.6) is 5.75 Å². The number of rotatable bonds is 8. The zero-order valence-electron chi connectivity index (χ0n) is 24.5. The zero-order chi connectivity index (χ0) is 30.6. The van der Waals surface area contributed by atoms with Crippen LogP contribution in [0.25, 0.3) is 11.4 Å². The van der Waals surface area contributed by atoms with E-state index in [1.807, 2.05) is 6.07 Å². The summed E-state index contributed by atoms with van der Waals surface area (Å²) >= 11 is 0. The summed E-state index contributed by atoms with van der Waals surface area (Å²) in [4.78, 5) is 31.0. The van der Waals surface area contributed by atoms with Crippen LogP contribution in [0.3, 0.4) is 0 Å². The molecule has 3 aromatic rings. The Morgan fingerprint density at radius 3 is 2.66 bits per heavy atom. The largest absolute Gasteiger partial charge is 0.486 e. The highest BCUT2D eigenvalue weighted by atomic mass is 19.1. The molecule has 0 spiro atoms. The van der Waals surface area contributed by atoms with Gasteiger partial charge in [-0.3, -0.25) is 9.69 Å². The Balaban J connectivity index is 1.10. The number of aryl methyl sites for hydroxylation is 1. The lowest BCUT2D eigenvalue weighted by molar-refractivity contribution is -0.138. The fourth-order valence-electron chi connectivity index (χ4n) is 5.84. The first-order chi connectivity index (χ1) is 21.4. The van der Waals surface area contributed by atoms with Crippen molar-refractivity contribution in [3.8, 4) is 23.2 Å². The first-order valence-electron chi connectivity index (χ1n) is 14.8. The Morgan fingerprint density at radius 1 is 1.16 bits per heavy atom. The van der Waals surface area contributed by atoms with E-state index >= 15 is 0 Å². The fourth-order valence-corrected chi connectivity index (χ4v) is 5.84. The average molecular weight is 603 g/mol. The number of piperidine rings is 1. The average Bonchev–Trinajstić information content (AvgIpc) is 3.01. The maximum absolute atomic E-state index is 14.8. The molecule has 3 saturated heterocycles. The molecular weight excluding hydrogens is 567 g/mol. The van der Waals surface area contributed by atoms with Gasteiger partial charge in [0.15, 0.2) is 12.0 Å². The number of anilines is 3. The van der Waals surface area contributed by atoms with E-state index in [-0.39, 0.29) is 30.8 Å². The van der Waals surface area contributed by atoms with Crippen LogP contribution in [0.2, 0.25) is 0 Å². The smallest absolute Gasteiger partial charge is 0.248 e. The van der Waals surface area contributed by atoms with Crippen molar-refractivity contribution in [3.05, 3.63) is 53.9 Å². The maximum Gasteiger partial charge on any atom is 0.248 e. The number of benzene rings is 2. The number of aromatic nitrogens is 3. The highest BCUT2D eigenvalue weighted by molar-refractivity contribution is 5.77. The summed E-state index contributed by atoms with van der Waals surface area (Å²) < 4.78 is 26.0. The SMILES string of the molecule is Cc1cc(Nc2ncnc(-c3ccc(O[C@H]4CCN(C(=O)CO)C[C@H]4F)c(C#N)c3)n2)ccc1N1CCN(C2COC2)CC1. The molecule has 3 aliphatic rings. The van der Waals surface area contributed by atoms with Gasteiger partial charge < -0.3 is 29.7 Å². The van der Waals surface area contributed by atoms with Crippen LogP contribution < -0.4 is 15.0 Å². The van der Waals surface area contributed by atoms with Gasteiger partial charge in [0.2, 0.25) is 11.9 Å². The normalized spacial score (nSPS) is 21.0. The number of likely N-dealkylation sites (tertiary alicyclic amines) is 1. The lowest BCUT2D eigenvalue weighted by Crippen LogP contribution is -2.56. The van der Waals surface area contributed by atoms with E-state index in [1.54, 1.807) is 18.2 Å². The van der Waals surface area contributed by atoms with Crippen molar-refractivity contribution in [1.29, 1.82) is 5.26 Å². The van der Waals surface area contributed by atoms with Crippen LogP contribution in [-0.4, -0.2) is 113 Å². The summed E-state index contributed by atoms with van der Waals surface area (Å²) in [5, 5.41) is 22.1. The minimum Gasteiger partial charge on any atom is -0.486 e. The summed E-state index contributed by atoms with van der Waals surface area (Å²) in [5.41, 5.74) is 4.01. The number of hydrogen-bond donors (Lipinski definition) is 2. The Labute approximate surface area is 255 Å². The molecule has 12 nitrogen and oxygen atoms in total. The van der Waals surface area contributed by atoms with Gasteiger partial charge in [0.1, 0.15) is 30.9 Å². The van der Waals surface area contributed by atoms with Crippen LogP contribution in [-0.2, 0) is 9.53 Å². The molecule has 2 aromatic carbocycles. The predicted molar refractivity (Wildman–Crippen MR) is 160 cm³/mol. The summed E-state index contributed by atoms with van der Waals surface area (Å²) in [7, 11) is 0. The molecule has 0 saturated carbocycles. The first-order valence-corrected chi connectivity index (χ1v) is 14.8. The second kappa shape index (κ2) is 13.1. The van der Waals surface area contributed by atoms with Crippen molar-refractivity contribution >= 4 is 23.2 Å². The van der Waals surface area contributed by atoms with Gasteiger partial charge >= 0.3 is 0 Å². The lowest BCUT2D eigenvalue weighted by Gasteiger charge is -2.43. The van der Waals surface area contributed by atoms with Crippen molar-refractivity contribution in [2.24, 2.45) is 0 Å². The van der Waals surface area contributed by atoms with Crippen LogP contribution in [0, 0.1) is 18.3 Å². The molecule has 6 rings (SSSR count). The molecule has 44 heavy (non-hydrogen) atoms. The quantitative estimate of drug-likeness (QED) is 0.393. The number of alkyl halides is 1. The Kier molecular flexibility index (Phi) is 8.83. The number of amides is 1. The summed E-state index contributed by atoms with van der Waals surface area (Å²) in [6.45, 7) is 7.25. The molecule has 0 bridgehead atoms. The van der Waals surface area contributed by atoms with E-state index in [2.05, 4.69) is 55.2 Å². The fraction of sp³-hybridized carbons (Fsp3) is 0.452. The molecule has 13 heteroatoms. The van der Waals surface area contributed by atoms with Crippen molar-refractivity contribution in [2.75, 3.05) is 69.3 Å². The number of carbonyl (C=O) groups excluding carboxylic acids is 1. The molecule has 230 valence electrons. The minimum atomic E-state index is -1.45. The number of nitrogens with one attached hydrogen (secondary N) is 1. The number of halogens is 1. The van der Waals surface area contributed by atoms with Gasteiger partial charge in [-0.05, 0) is 48.9 Å². The highest BCUT2D eigenvalue weighted by Crippen LogP contribution is 2.30. The molecule has 1 amide bonds. The van der Waals surface area contributed by atoms with E-state index in [0.717, 1.165) is 50.6 Å². The van der Waals surface area contributed by atoms with E-state index in [0.29, 0.717) is 23.4 Å². The summed E-state index contributed by atoms with van der Waals surface area (Å²) in [5.74, 6) is 0.456. The molecule has 2 atom stereocenters. The van der Waals surface area contributed by atoms with E-state index < -0.39 is 24.8 Å². The van der Waals surface area contributed by atoms with Gasteiger partial charge in [0.05, 0.1) is 31.4 Å². The number of ether oxygens (including phenoxy) is 2. The third kappa shape index (κ3) is 6.42. The van der Waals surface area contributed by atoms with Crippen molar-refractivity contribution in [2.45, 2.75) is 31.7 Å². The second-order valence-electron chi connectivity index (χ2n) is 11.3. The van der Waals surface area contributed by atoms with Gasteiger partial charge in [-0.2, -0.15) is 10.2 Å². The third-order valence-electron chi connectivity index (χ3n) is 8.42. The Bertz CT molecular complexity index is 1540. The summed E-state index contributed by atoms with van der Waals surface area (Å²) in [6, 6.07) is 13.8. The van der Waals surface area contributed by atoms with Crippen LogP contribution >= 0.6 is 0 Å². The van der Waals surface area contributed by atoms with Gasteiger partial charge in [0.25, 0.3) is 0 Å². The maximum atomic E-state index is 14.8. The number of carbonyl (C=O) groups is 1. The molecule has 0 aliphatic carbocycles. The van der Waals surface area contributed by atoms with Crippen LogP contribution in [0.15, 0.2) is 42.7 Å². The van der Waals surface area contributed by atoms with Crippen molar-refractivity contribution in [3.63, 3.8) is 0 Å². The van der Waals surface area contributed by atoms with Gasteiger partial charge in [0, 0.05) is 56.1 Å². The topological polar surface area (TPSA) is 140 Å². The van der Waals surface area contributed by atoms with Crippen LogP contribution in [0.1, 0.15) is 17.5 Å². The number of nitriles is 1. The molecule has 0 radical (unpaired) electrons. The highest BCUT2D eigenvalue weighted by Gasteiger charge is 2.33. The van der Waals surface area contributed by atoms with E-state index in [4.69, 9.17) is 14.6 Å². The Morgan fingerprint density at radius 2 is 1.98 bits per heavy atom. The molecule has 2 N–H and O–H groups in total. The predicted octanol–water partition coefficient (Wildman–Crippen LogP) is 2.29. The molecular formula is C31H35FN8O4. The lowest BCUT2D eigenvalue weighted by atomic mass is 10.0. The minimum absolute atomic E-state index is 0.166. The number of aliphatic hydroxyl groups excluding tert-OH is 1.